The van der Waals surface area contributed by atoms with Gasteiger partial charge in [-0.05, 0) is 33.3 Å². The number of cyclic esters (lactones) is 2. The van der Waals surface area contributed by atoms with Gasteiger partial charge in [0.15, 0.2) is 5.60 Å². The summed E-state index contributed by atoms with van der Waals surface area (Å²) in [5.74, 6) is -1.04. The van der Waals surface area contributed by atoms with Crippen molar-refractivity contribution in [3.05, 3.63) is 10.9 Å². The molecule has 5 heteroatoms. The zero-order chi connectivity index (χ0) is 12.6. The summed E-state index contributed by atoms with van der Waals surface area (Å²) in [7, 11) is 2.62. The molecule has 1 heterocycles. The van der Waals surface area contributed by atoms with Gasteiger partial charge in [-0.3, -0.25) is 0 Å². The van der Waals surface area contributed by atoms with E-state index >= 15 is 0 Å². The molecule has 1 aliphatic heterocycles. The maximum Gasteiger partial charge on any atom is 0.511 e. The van der Waals surface area contributed by atoms with Crippen LogP contribution in [0, 0.1) is 0 Å². The van der Waals surface area contributed by atoms with E-state index in [0.29, 0.717) is 6.61 Å². The average molecular weight is 246 g/mol. The minimum atomic E-state index is -1.04. The molecule has 16 heavy (non-hydrogen) atoms. The molecule has 0 aromatic heterocycles. The van der Waals surface area contributed by atoms with Crippen LogP contribution in [-0.4, -0.2) is 24.2 Å². The van der Waals surface area contributed by atoms with Crippen molar-refractivity contribution < 1.29 is 19.0 Å². The Morgan fingerprint density at radius 2 is 1.88 bits per heavy atom. The molecule has 1 aliphatic rings. The Bertz CT molecular complexity index is 331. The molecule has 0 spiro atoms. The molecule has 0 N–H and O–H groups in total. The van der Waals surface area contributed by atoms with E-state index in [4.69, 9.17) is 14.2 Å². The van der Waals surface area contributed by atoms with Crippen molar-refractivity contribution in [3.63, 3.8) is 0 Å². The van der Waals surface area contributed by atoms with Gasteiger partial charge < -0.3 is 14.2 Å². The van der Waals surface area contributed by atoms with Gasteiger partial charge in [0, 0.05) is 6.92 Å². The molecule has 0 saturated carbocycles. The second-order valence-corrected chi connectivity index (χ2v) is 5.53. The quantitative estimate of drug-likeness (QED) is 0.567. The third-order valence-electron chi connectivity index (χ3n) is 2.95. The molecule has 0 aliphatic carbocycles. The van der Waals surface area contributed by atoms with Gasteiger partial charge in [0.25, 0.3) is 5.79 Å². The Labute approximate surface area is 98.5 Å². The van der Waals surface area contributed by atoms with E-state index < -0.39 is 17.5 Å². The summed E-state index contributed by atoms with van der Waals surface area (Å²) < 4.78 is 15.8. The number of carbonyl (C=O) groups is 1. The van der Waals surface area contributed by atoms with Crippen LogP contribution in [0.1, 0.15) is 34.6 Å². The lowest BCUT2D eigenvalue weighted by molar-refractivity contribution is -0.211. The Morgan fingerprint density at radius 3 is 2.25 bits per heavy atom. The summed E-state index contributed by atoms with van der Waals surface area (Å²) in [4.78, 5) is 11.1. The topological polar surface area (TPSA) is 44.8 Å². The minimum Gasteiger partial charge on any atom is -0.421 e. The largest absolute Gasteiger partial charge is 0.511 e. The molecular formula is C11H19O4P. The lowest BCUT2D eigenvalue weighted by Gasteiger charge is -2.32. The number of rotatable bonds is 3. The molecule has 0 radical (unpaired) electrons. The highest BCUT2D eigenvalue weighted by atomic mass is 31.0. The fraction of sp³-hybridized carbons (Fsp3) is 0.727. The zero-order valence-electron chi connectivity index (χ0n) is 10.4. The van der Waals surface area contributed by atoms with Gasteiger partial charge in [-0.15, -0.1) is 9.24 Å². The fourth-order valence-electron chi connectivity index (χ4n) is 1.17. The highest BCUT2D eigenvalue weighted by Crippen LogP contribution is 2.37. The van der Waals surface area contributed by atoms with Gasteiger partial charge in [0.2, 0.25) is 0 Å². The monoisotopic (exact) mass is 246 g/mol. The van der Waals surface area contributed by atoms with Crippen molar-refractivity contribution >= 4 is 15.4 Å². The Balaban J connectivity index is 2.73. The van der Waals surface area contributed by atoms with Crippen molar-refractivity contribution in [3.8, 4) is 0 Å². The Morgan fingerprint density at radius 1 is 1.31 bits per heavy atom. The van der Waals surface area contributed by atoms with E-state index in [2.05, 4.69) is 9.24 Å². The van der Waals surface area contributed by atoms with Gasteiger partial charge >= 0.3 is 6.16 Å². The smallest absolute Gasteiger partial charge is 0.421 e. The van der Waals surface area contributed by atoms with Crippen LogP contribution in [0.3, 0.4) is 0 Å². The molecule has 2 atom stereocenters. The summed E-state index contributed by atoms with van der Waals surface area (Å²) in [6, 6.07) is 0. The third kappa shape index (κ3) is 2.55. The SMILES string of the molecule is C/C(P)=C(\C)COC1(C)OC(=O)OC1(C)C. The van der Waals surface area contributed by atoms with Crippen molar-refractivity contribution in [2.75, 3.05) is 6.61 Å². The molecule has 1 rings (SSSR count). The molecule has 0 bridgehead atoms. The molecule has 1 fully saturated rings. The maximum atomic E-state index is 11.1. The van der Waals surface area contributed by atoms with Crippen molar-refractivity contribution in [2.45, 2.75) is 46.0 Å². The number of carbonyl (C=O) groups excluding carboxylic acids is 1. The summed E-state index contributed by atoms with van der Waals surface area (Å²) in [5, 5.41) is 1.12. The minimum absolute atomic E-state index is 0.409. The molecule has 0 aromatic rings. The van der Waals surface area contributed by atoms with Crippen molar-refractivity contribution in [1.29, 1.82) is 0 Å². The third-order valence-corrected chi connectivity index (χ3v) is 3.44. The lowest BCUT2D eigenvalue weighted by Crippen LogP contribution is -2.47. The molecule has 92 valence electrons. The standard InChI is InChI=1S/C11H19O4P/c1-7(8(2)16)6-13-11(5)10(3,4)14-9(12)15-11/h6,16H2,1-5H3/b8-7-. The van der Waals surface area contributed by atoms with E-state index in [1.54, 1.807) is 20.8 Å². The van der Waals surface area contributed by atoms with Crippen LogP contribution in [-0.2, 0) is 14.2 Å². The van der Waals surface area contributed by atoms with E-state index in [1.807, 2.05) is 13.8 Å². The summed E-state index contributed by atoms with van der Waals surface area (Å²) in [6.45, 7) is 9.61. The van der Waals surface area contributed by atoms with Crippen LogP contribution < -0.4 is 0 Å². The van der Waals surface area contributed by atoms with Gasteiger partial charge in [-0.25, -0.2) is 4.79 Å². The molecule has 4 nitrogen and oxygen atoms in total. The summed E-state index contributed by atoms with van der Waals surface area (Å²) >= 11 is 0. The molecule has 1 saturated heterocycles. The van der Waals surface area contributed by atoms with Crippen LogP contribution >= 0.6 is 9.24 Å². The van der Waals surface area contributed by atoms with Crippen LogP contribution in [0.15, 0.2) is 10.9 Å². The number of hydrogen-bond acceptors (Lipinski definition) is 4. The fourth-order valence-corrected chi connectivity index (χ4v) is 1.25. The predicted octanol–water partition coefficient (Wildman–Crippen LogP) is 2.83. The Hall–Kier alpha value is -0.600. The highest BCUT2D eigenvalue weighted by Gasteiger charge is 2.55. The zero-order valence-corrected chi connectivity index (χ0v) is 11.6. The van der Waals surface area contributed by atoms with E-state index in [0.717, 1.165) is 10.9 Å². The average Bonchev–Trinajstić information content (AvgIpc) is 2.31. The predicted molar refractivity (Wildman–Crippen MR) is 64.1 cm³/mol. The summed E-state index contributed by atoms with van der Waals surface area (Å²) in [5.41, 5.74) is 0.309. The second kappa shape index (κ2) is 4.34. The molecular weight excluding hydrogens is 227 g/mol. The molecule has 0 amide bonds. The second-order valence-electron chi connectivity index (χ2n) is 4.66. The van der Waals surface area contributed by atoms with Crippen LogP contribution in [0.4, 0.5) is 4.79 Å². The van der Waals surface area contributed by atoms with E-state index in [1.165, 1.54) is 0 Å². The number of allylic oxidation sites excluding steroid dienone is 1. The normalized spacial score (nSPS) is 29.5. The van der Waals surface area contributed by atoms with Gasteiger partial charge in [-0.1, -0.05) is 5.31 Å². The van der Waals surface area contributed by atoms with Gasteiger partial charge in [0.05, 0.1) is 6.61 Å². The van der Waals surface area contributed by atoms with Gasteiger partial charge in [0.1, 0.15) is 0 Å². The first-order chi connectivity index (χ1) is 7.18. The van der Waals surface area contributed by atoms with Crippen molar-refractivity contribution in [1.82, 2.24) is 0 Å². The van der Waals surface area contributed by atoms with E-state index in [-0.39, 0.29) is 0 Å². The first kappa shape index (κ1) is 13.5. The maximum absolute atomic E-state index is 11.1. The first-order valence-electron chi connectivity index (χ1n) is 5.16. The molecule has 2 unspecified atom stereocenters. The summed E-state index contributed by atoms with van der Waals surface area (Å²) in [6.07, 6.45) is -0.684. The van der Waals surface area contributed by atoms with Crippen molar-refractivity contribution in [2.24, 2.45) is 0 Å². The highest BCUT2D eigenvalue weighted by molar-refractivity contribution is 7.22. The van der Waals surface area contributed by atoms with Gasteiger partial charge in [-0.2, -0.15) is 0 Å². The molecule has 0 aromatic carbocycles. The van der Waals surface area contributed by atoms with Crippen LogP contribution in [0.2, 0.25) is 0 Å². The first-order valence-corrected chi connectivity index (χ1v) is 5.73. The van der Waals surface area contributed by atoms with Crippen LogP contribution in [0.5, 0.6) is 0 Å². The number of ether oxygens (including phenoxy) is 3. The Kier molecular flexibility index (Phi) is 3.65. The van der Waals surface area contributed by atoms with E-state index in [9.17, 15) is 4.79 Å². The number of hydrogen-bond donors (Lipinski definition) is 0. The lowest BCUT2D eigenvalue weighted by atomic mass is 9.99. The van der Waals surface area contributed by atoms with Crippen LogP contribution in [0.25, 0.3) is 0 Å².